The molecule has 0 fully saturated rings. The first-order valence-electron chi connectivity index (χ1n) is 2.43. The van der Waals surface area contributed by atoms with E-state index in [4.69, 9.17) is 12.6 Å². The van der Waals surface area contributed by atoms with Crippen LogP contribution in [0, 0.1) is 14.8 Å². The number of hydrogen-bond acceptors (Lipinski definition) is 9. The van der Waals surface area contributed by atoms with E-state index in [2.05, 4.69) is 15.0 Å². The molecule has 0 spiro atoms. The number of nitrogens with zero attached hydrogens (tertiary/aromatic N) is 3. The van der Waals surface area contributed by atoms with Crippen molar-refractivity contribution in [1.82, 2.24) is 15.0 Å². The molecule has 1 aromatic heterocycles. The largest absolute Gasteiger partial charge is 1.00 e. The Morgan fingerprint density at radius 2 is 0.875 bits per heavy atom. The predicted molar refractivity (Wildman–Crippen MR) is 20.4 cm³/mol. The third kappa shape index (κ3) is 20.0. The van der Waals surface area contributed by atoms with Crippen molar-refractivity contribution in [2.24, 2.45) is 0 Å². The molecule has 1 aromatic rings. The molecule has 0 saturated heterocycles. The number of halogens is 1. The van der Waals surface area contributed by atoms with E-state index in [1.807, 2.05) is 0 Å². The zero-order valence-corrected chi connectivity index (χ0v) is 19.7. The number of hydrogen-bond donors (Lipinski definition) is 1. The molecule has 0 amide bonds. The molecule has 0 aliphatic heterocycles. The van der Waals surface area contributed by atoms with Crippen molar-refractivity contribution in [3.05, 3.63) is 0 Å². The Morgan fingerprint density at radius 1 is 0.750 bits per heavy atom. The van der Waals surface area contributed by atoms with Gasteiger partial charge in [-0.15, -0.1) is 0 Å². The molecular weight excluding hydrogens is 371 g/mol. The van der Waals surface area contributed by atoms with E-state index in [-0.39, 0.29) is 154 Å². The zero-order chi connectivity index (χ0) is 10.4. The zero-order valence-electron chi connectivity index (χ0n) is 8.71. The van der Waals surface area contributed by atoms with E-state index in [0.717, 1.165) is 0 Å². The Bertz CT molecular complexity index is 227. The fourth-order valence-electron chi connectivity index (χ4n) is 0.320. The van der Waals surface area contributed by atoms with Crippen LogP contribution in [0.15, 0.2) is 0 Å². The van der Waals surface area contributed by atoms with Crippen LogP contribution in [0.3, 0.4) is 0 Å². The topological polar surface area (TPSA) is 174 Å². The minimum Gasteiger partial charge on any atom is -0.844 e. The maximum atomic E-state index is 10.0. The Morgan fingerprint density at radius 3 is 1.00 bits per heavy atom. The third-order valence-corrected chi connectivity index (χ3v) is 0.574. The van der Waals surface area contributed by atoms with Gasteiger partial charge in [-0.2, -0.15) is 0 Å². The number of aromatic nitrogens is 3. The SMILES string of the molecule is [K+].[K+].[K+].[O-][Br+2]([O-])O.[O-]c1nc([O-])nc([O-])n1. The Labute approximate surface area is 223 Å². The maximum Gasteiger partial charge on any atom is 1.00 e. The molecule has 0 bridgehead atoms. The normalized spacial score (nSPS) is 7.50. The third-order valence-electron chi connectivity index (χ3n) is 0.574. The molecule has 0 aliphatic rings. The second-order valence-corrected chi connectivity index (χ2v) is 2.23. The van der Waals surface area contributed by atoms with Gasteiger partial charge >= 0.3 is 169 Å². The van der Waals surface area contributed by atoms with Gasteiger partial charge in [0.1, 0.15) is 0 Å². The van der Waals surface area contributed by atoms with Gasteiger partial charge in [-0.3, -0.25) is 0 Å². The second kappa shape index (κ2) is 16.7. The van der Waals surface area contributed by atoms with Crippen LogP contribution in [0.25, 0.3) is 0 Å². The molecule has 0 saturated carbocycles. The van der Waals surface area contributed by atoms with E-state index >= 15 is 0 Å². The second-order valence-electron chi connectivity index (χ2n) is 1.38. The average molecular weight is 372 g/mol. The van der Waals surface area contributed by atoms with Crippen LogP contribution < -0.4 is 178 Å². The molecule has 1 heterocycles. The molecule has 1 N–H and O–H groups in total. The summed E-state index contributed by atoms with van der Waals surface area (Å²) in [4.78, 5) is 8.10. The minimum atomic E-state index is -3.40. The minimum absolute atomic E-state index is 0. The van der Waals surface area contributed by atoms with Gasteiger partial charge in [-0.05, 0) is 4.20 Å². The van der Waals surface area contributed by atoms with Gasteiger partial charge in [0.2, 0.25) is 0 Å². The monoisotopic (exact) mass is 371 g/mol. The quantitative estimate of drug-likeness (QED) is 0.434. The van der Waals surface area contributed by atoms with Crippen LogP contribution in [-0.4, -0.2) is 19.1 Å². The van der Waals surface area contributed by atoms with Crippen molar-refractivity contribution >= 4 is 0 Å². The first-order valence-corrected chi connectivity index (χ1v) is 4.44. The van der Waals surface area contributed by atoms with Gasteiger partial charge in [-0.1, -0.05) is 0 Å². The van der Waals surface area contributed by atoms with Crippen LogP contribution in [0.1, 0.15) is 0 Å². The summed E-state index contributed by atoms with van der Waals surface area (Å²) in [5.74, 6) is 0. The first-order chi connectivity index (χ1) is 5.91. The Hall–Kier alpha value is 3.68. The first kappa shape index (κ1) is 27.9. The standard InChI is InChI=1S/C3H3N3O3.BrHO3.3K/c7-1-4-2(8)6-3(9)5-1;2-1(3)4;;;/h(H3,4,5,6,7,8,9);2H;;;/q;;3*+1/p-3. The van der Waals surface area contributed by atoms with Gasteiger partial charge in [0.05, 0.1) is 18.0 Å². The summed E-state index contributed by atoms with van der Waals surface area (Å²) in [6, 6.07) is -3.25. The maximum absolute atomic E-state index is 10.0. The fraction of sp³-hybridized carbons (Fsp3) is 0. The molecule has 0 radical (unpaired) electrons. The molecular formula is C3HBrK3N3O6. The molecule has 74 valence electrons. The van der Waals surface area contributed by atoms with Crippen LogP contribution >= 0.6 is 0 Å². The van der Waals surface area contributed by atoms with E-state index in [1.54, 1.807) is 0 Å². The van der Waals surface area contributed by atoms with Gasteiger partial charge in [0, 0.05) is 0 Å². The van der Waals surface area contributed by atoms with Crippen molar-refractivity contribution in [2.75, 3.05) is 0 Å². The molecule has 0 unspecified atom stereocenters. The molecule has 0 aliphatic carbocycles. The summed E-state index contributed by atoms with van der Waals surface area (Å²) in [6.07, 6.45) is 0. The van der Waals surface area contributed by atoms with Crippen molar-refractivity contribution in [2.45, 2.75) is 0 Å². The molecule has 16 heavy (non-hydrogen) atoms. The van der Waals surface area contributed by atoms with Crippen molar-refractivity contribution in [1.29, 1.82) is 0 Å². The van der Waals surface area contributed by atoms with Gasteiger partial charge < -0.3 is 23.7 Å². The van der Waals surface area contributed by atoms with Crippen molar-refractivity contribution in [3.8, 4) is 18.0 Å². The van der Waals surface area contributed by atoms with Crippen LogP contribution in [0.4, 0.5) is 0 Å². The molecule has 1 rings (SSSR count). The van der Waals surface area contributed by atoms with E-state index in [0.29, 0.717) is 0 Å². The van der Waals surface area contributed by atoms with Crippen LogP contribution in [0.2, 0.25) is 0 Å². The van der Waals surface area contributed by atoms with E-state index < -0.39 is 32.8 Å². The van der Waals surface area contributed by atoms with Crippen molar-refractivity contribution < 1.29 is 197 Å². The van der Waals surface area contributed by atoms with Crippen molar-refractivity contribution in [3.63, 3.8) is 0 Å². The van der Waals surface area contributed by atoms with E-state index in [9.17, 15) is 15.3 Å². The summed E-state index contributed by atoms with van der Waals surface area (Å²) in [7, 11) is 0. The summed E-state index contributed by atoms with van der Waals surface area (Å²) >= 11 is -3.40. The summed E-state index contributed by atoms with van der Waals surface area (Å²) in [5, 5.41) is 30.1. The Kier molecular flexibility index (Phi) is 29.2. The predicted octanol–water partition coefficient (Wildman–Crippen LogP) is -14.8. The average Bonchev–Trinajstić information content (AvgIpc) is 1.80. The van der Waals surface area contributed by atoms with Gasteiger partial charge in [0.25, 0.3) is 0 Å². The summed E-state index contributed by atoms with van der Waals surface area (Å²) in [6.45, 7) is 0. The molecule has 0 atom stereocenters. The summed E-state index contributed by atoms with van der Waals surface area (Å²) in [5.41, 5.74) is 0. The molecule has 9 nitrogen and oxygen atoms in total. The molecule has 13 heteroatoms. The van der Waals surface area contributed by atoms with Gasteiger partial charge in [0.15, 0.2) is 0 Å². The van der Waals surface area contributed by atoms with Gasteiger partial charge in [-0.25, -0.2) is 15.0 Å². The Balaban J connectivity index is -0.0000000921. The fourth-order valence-corrected chi connectivity index (χ4v) is 0.320. The smallest absolute Gasteiger partial charge is 0.844 e. The van der Waals surface area contributed by atoms with Crippen LogP contribution in [-0.2, 0) is 0 Å². The summed E-state index contributed by atoms with van der Waals surface area (Å²) < 4.78 is 24.3. The van der Waals surface area contributed by atoms with Crippen LogP contribution in [0.5, 0.6) is 18.0 Å². The number of rotatable bonds is 0. The van der Waals surface area contributed by atoms with E-state index in [1.165, 1.54) is 0 Å². The molecule has 0 aromatic carbocycles.